The molecule has 36 heavy (non-hydrogen) atoms. The molecule has 0 saturated heterocycles. The van der Waals surface area contributed by atoms with Gasteiger partial charge in [0.2, 0.25) is 0 Å². The van der Waals surface area contributed by atoms with Crippen molar-refractivity contribution in [1.29, 1.82) is 0 Å². The van der Waals surface area contributed by atoms with E-state index in [0.29, 0.717) is 16.6 Å². The number of hydrogen-bond acceptors (Lipinski definition) is 6. The van der Waals surface area contributed by atoms with Gasteiger partial charge in [-0.25, -0.2) is 23.9 Å². The molecule has 1 aromatic heterocycles. The second-order valence-electron chi connectivity index (χ2n) is 8.66. The maximum atomic E-state index is 14.7. The first kappa shape index (κ1) is 24.5. The number of nitrogens with zero attached hydrogens (tertiary/aromatic N) is 4. The summed E-state index contributed by atoms with van der Waals surface area (Å²) < 4.78 is 29.7. The summed E-state index contributed by atoms with van der Waals surface area (Å²) in [4.78, 5) is 3.89. The SMILES string of the molecule is OC(CN1C=C2C=C(NCc3ccc(Cl)cc3Cl)C=CC2N1)(Cn1cncn1)c1ccc(F)cc1F. The molecular weight excluding hydrogens is 509 g/mol. The smallest absolute Gasteiger partial charge is 0.137 e. The summed E-state index contributed by atoms with van der Waals surface area (Å²) in [5.74, 6) is -1.56. The fraction of sp³-hybridized carbons (Fsp3) is 0.200. The van der Waals surface area contributed by atoms with E-state index in [4.69, 9.17) is 23.2 Å². The molecule has 2 atom stereocenters. The minimum absolute atomic E-state index is 0.0275. The fourth-order valence-corrected chi connectivity index (χ4v) is 4.75. The van der Waals surface area contributed by atoms with Crippen molar-refractivity contribution in [2.75, 3.05) is 6.54 Å². The van der Waals surface area contributed by atoms with Gasteiger partial charge in [0, 0.05) is 40.1 Å². The zero-order valence-corrected chi connectivity index (χ0v) is 20.4. The highest BCUT2D eigenvalue weighted by atomic mass is 35.5. The van der Waals surface area contributed by atoms with Crippen LogP contribution in [0.25, 0.3) is 0 Å². The lowest BCUT2D eigenvalue weighted by Crippen LogP contribution is -2.47. The first-order valence-electron chi connectivity index (χ1n) is 11.1. The summed E-state index contributed by atoms with van der Waals surface area (Å²) in [7, 11) is 0. The van der Waals surface area contributed by atoms with Gasteiger partial charge >= 0.3 is 0 Å². The van der Waals surface area contributed by atoms with Gasteiger partial charge in [0.05, 0.1) is 19.1 Å². The Bertz CT molecular complexity index is 1360. The summed E-state index contributed by atoms with van der Waals surface area (Å²) in [6.07, 6.45) is 10.5. The summed E-state index contributed by atoms with van der Waals surface area (Å²) in [5, 5.41) is 21.8. The first-order chi connectivity index (χ1) is 17.3. The lowest BCUT2D eigenvalue weighted by Gasteiger charge is -2.33. The highest BCUT2D eigenvalue weighted by Crippen LogP contribution is 2.30. The molecule has 7 nitrogen and oxygen atoms in total. The summed E-state index contributed by atoms with van der Waals surface area (Å²) in [5.41, 5.74) is 4.26. The van der Waals surface area contributed by atoms with Gasteiger partial charge < -0.3 is 15.4 Å². The van der Waals surface area contributed by atoms with Crippen molar-refractivity contribution in [1.82, 2.24) is 30.5 Å². The summed E-state index contributed by atoms with van der Waals surface area (Å²) >= 11 is 12.2. The Morgan fingerprint density at radius 2 is 2.00 bits per heavy atom. The third kappa shape index (κ3) is 5.29. The van der Waals surface area contributed by atoms with Crippen molar-refractivity contribution < 1.29 is 13.9 Å². The molecule has 11 heteroatoms. The number of hydrazine groups is 1. The molecule has 0 radical (unpaired) electrons. The fourth-order valence-electron chi connectivity index (χ4n) is 4.27. The quantitative estimate of drug-likeness (QED) is 0.407. The van der Waals surface area contributed by atoms with Gasteiger partial charge in [-0.1, -0.05) is 41.4 Å². The van der Waals surface area contributed by atoms with Crippen LogP contribution in [0.2, 0.25) is 10.0 Å². The maximum absolute atomic E-state index is 14.7. The molecule has 0 saturated carbocycles. The van der Waals surface area contributed by atoms with E-state index in [2.05, 4.69) is 20.8 Å². The third-order valence-electron chi connectivity index (χ3n) is 6.01. The first-order valence-corrected chi connectivity index (χ1v) is 11.9. The molecule has 0 spiro atoms. The second kappa shape index (κ2) is 10.0. The van der Waals surface area contributed by atoms with Gasteiger partial charge in [0.15, 0.2) is 0 Å². The molecule has 2 heterocycles. The van der Waals surface area contributed by atoms with Crippen molar-refractivity contribution >= 4 is 23.2 Å². The van der Waals surface area contributed by atoms with Crippen molar-refractivity contribution in [2.24, 2.45) is 0 Å². The van der Waals surface area contributed by atoms with Crippen LogP contribution in [0, 0.1) is 11.6 Å². The van der Waals surface area contributed by atoms with E-state index in [9.17, 15) is 13.9 Å². The topological polar surface area (TPSA) is 78.2 Å². The van der Waals surface area contributed by atoms with Crippen LogP contribution in [-0.2, 0) is 18.7 Å². The standard InChI is InChI=1S/C25H22Cl2F2N6O/c26-18-2-1-16(22(27)8-18)10-31-20-4-6-24-17(7-20)11-34(33-24)12-25(36,13-35-15-30-14-32-35)21-5-3-19(28)9-23(21)29/h1-9,11,14-15,24,31,33,36H,10,12-13H2. The Morgan fingerprint density at radius 3 is 2.75 bits per heavy atom. The van der Waals surface area contributed by atoms with Gasteiger partial charge in [-0.2, -0.15) is 5.10 Å². The number of hydrogen-bond donors (Lipinski definition) is 3. The van der Waals surface area contributed by atoms with Gasteiger partial charge in [0.25, 0.3) is 0 Å². The molecule has 2 aromatic carbocycles. The van der Waals surface area contributed by atoms with Crippen LogP contribution in [-0.4, -0.2) is 37.5 Å². The zero-order valence-electron chi connectivity index (χ0n) is 18.9. The Morgan fingerprint density at radius 1 is 1.14 bits per heavy atom. The molecule has 0 bridgehead atoms. The molecular formula is C25H22Cl2F2N6O. The number of β-amino-alcohol motifs (C(OH)–C–C–N with tert-alkyl or cyclic N) is 1. The average Bonchev–Trinajstić information content (AvgIpc) is 3.47. The molecule has 186 valence electrons. The van der Waals surface area contributed by atoms with Crippen LogP contribution in [0.1, 0.15) is 11.1 Å². The molecule has 0 amide bonds. The lowest BCUT2D eigenvalue weighted by molar-refractivity contribution is -0.0195. The predicted octanol–water partition coefficient (Wildman–Crippen LogP) is 4.07. The molecule has 3 aromatic rings. The number of aromatic nitrogens is 3. The van der Waals surface area contributed by atoms with E-state index >= 15 is 0 Å². The minimum atomic E-state index is -1.73. The number of fused-ring (bicyclic) bond motifs is 1. The Labute approximate surface area is 216 Å². The molecule has 2 unspecified atom stereocenters. The summed E-state index contributed by atoms with van der Waals surface area (Å²) in [6.45, 7) is 0.408. The normalized spacial score (nSPS) is 18.5. The van der Waals surface area contributed by atoms with Crippen LogP contribution in [0.3, 0.4) is 0 Å². The molecule has 1 aliphatic carbocycles. The van der Waals surface area contributed by atoms with Gasteiger partial charge in [-0.05, 0) is 41.5 Å². The predicted molar refractivity (Wildman–Crippen MR) is 133 cm³/mol. The van der Waals surface area contributed by atoms with Gasteiger partial charge in [0.1, 0.15) is 29.9 Å². The number of nitrogens with one attached hydrogen (secondary N) is 2. The van der Waals surface area contributed by atoms with E-state index in [-0.39, 0.29) is 24.7 Å². The number of rotatable bonds is 8. The minimum Gasteiger partial charge on any atom is -0.381 e. The molecule has 3 N–H and O–H groups in total. The third-order valence-corrected chi connectivity index (χ3v) is 6.60. The average molecular weight is 531 g/mol. The zero-order chi connectivity index (χ0) is 25.3. The van der Waals surface area contributed by atoms with Crippen LogP contribution >= 0.6 is 23.2 Å². The van der Waals surface area contributed by atoms with E-state index < -0.39 is 17.2 Å². The maximum Gasteiger partial charge on any atom is 0.137 e. The van der Waals surface area contributed by atoms with Gasteiger partial charge in [-0.15, -0.1) is 0 Å². The van der Waals surface area contributed by atoms with E-state index in [1.54, 1.807) is 17.1 Å². The Balaban J connectivity index is 1.34. The van der Waals surface area contributed by atoms with Crippen molar-refractivity contribution in [2.45, 2.75) is 24.7 Å². The monoisotopic (exact) mass is 530 g/mol. The van der Waals surface area contributed by atoms with Crippen LogP contribution in [0.15, 0.2) is 84.8 Å². The van der Waals surface area contributed by atoms with E-state index in [0.717, 1.165) is 29.0 Å². The van der Waals surface area contributed by atoms with Gasteiger partial charge in [-0.3, -0.25) is 0 Å². The van der Waals surface area contributed by atoms with E-state index in [1.165, 1.54) is 23.4 Å². The lowest BCUT2D eigenvalue weighted by atomic mass is 9.92. The van der Waals surface area contributed by atoms with Crippen LogP contribution in [0.4, 0.5) is 8.78 Å². The van der Waals surface area contributed by atoms with Crippen molar-refractivity contribution in [3.63, 3.8) is 0 Å². The number of halogens is 4. The van der Waals surface area contributed by atoms with Crippen LogP contribution < -0.4 is 10.7 Å². The number of aliphatic hydroxyl groups is 1. The van der Waals surface area contributed by atoms with Crippen molar-refractivity contribution in [3.8, 4) is 0 Å². The highest BCUT2D eigenvalue weighted by Gasteiger charge is 2.37. The second-order valence-corrected chi connectivity index (χ2v) is 9.50. The van der Waals surface area contributed by atoms with E-state index in [1.807, 2.05) is 30.5 Å². The molecule has 2 aliphatic rings. The summed E-state index contributed by atoms with van der Waals surface area (Å²) in [6, 6.07) is 8.37. The highest BCUT2D eigenvalue weighted by molar-refractivity contribution is 6.35. The van der Waals surface area contributed by atoms with Crippen molar-refractivity contribution in [3.05, 3.63) is 118 Å². The van der Waals surface area contributed by atoms with Crippen LogP contribution in [0.5, 0.6) is 0 Å². The largest absolute Gasteiger partial charge is 0.381 e. The Hall–Kier alpha value is -3.24. The molecule has 1 aliphatic heterocycles. The molecule has 0 fully saturated rings. The number of allylic oxidation sites excluding steroid dienone is 1. The Kier molecular flexibility index (Phi) is 6.81. The number of benzene rings is 2. The molecule has 5 rings (SSSR count).